The van der Waals surface area contributed by atoms with E-state index >= 15 is 0 Å². The molecule has 0 saturated heterocycles. The first kappa shape index (κ1) is 15.6. The Morgan fingerprint density at radius 1 is 1.30 bits per heavy atom. The number of hydrogen-bond acceptors (Lipinski definition) is 3. The number of benzene rings is 1. The van der Waals surface area contributed by atoms with Crippen LogP contribution in [0.5, 0.6) is 5.75 Å². The summed E-state index contributed by atoms with van der Waals surface area (Å²) in [5.74, 6) is -0.272. The zero-order valence-electron chi connectivity index (χ0n) is 12.3. The maximum Gasteiger partial charge on any atom is 0.573 e. The van der Waals surface area contributed by atoms with Crippen molar-refractivity contribution in [2.24, 2.45) is 5.41 Å². The molecule has 1 N–H and O–H groups in total. The minimum Gasteiger partial charge on any atom is -0.406 e. The third kappa shape index (κ3) is 3.39. The standard InChI is InChI=1S/C16H15F3N2O2/c1-15(10-22)7-6-14-11(8-15)9-21(20-14)12-2-4-13(5-3-12)23-16(17,18)19/h2-7,9,22H,8,10H2,1H3. The molecular formula is C16H15F3N2O2. The van der Waals surface area contributed by atoms with Crippen LogP contribution in [-0.2, 0) is 6.42 Å². The maximum absolute atomic E-state index is 12.2. The first-order valence-electron chi connectivity index (χ1n) is 7.03. The smallest absolute Gasteiger partial charge is 0.406 e. The minimum absolute atomic E-state index is 0.0393. The molecule has 0 spiro atoms. The van der Waals surface area contributed by atoms with E-state index in [1.54, 1.807) is 4.68 Å². The molecule has 7 heteroatoms. The summed E-state index contributed by atoms with van der Waals surface area (Å²) in [5.41, 5.74) is 2.10. The number of nitrogens with zero attached hydrogens (tertiary/aromatic N) is 2. The summed E-state index contributed by atoms with van der Waals surface area (Å²) in [6, 6.07) is 5.51. The predicted molar refractivity (Wildman–Crippen MR) is 78.2 cm³/mol. The van der Waals surface area contributed by atoms with Crippen molar-refractivity contribution in [3.8, 4) is 11.4 Å². The van der Waals surface area contributed by atoms with Crippen LogP contribution in [0.1, 0.15) is 18.2 Å². The lowest BCUT2D eigenvalue weighted by Gasteiger charge is -2.25. The van der Waals surface area contributed by atoms with Crippen LogP contribution in [0, 0.1) is 5.41 Å². The average Bonchev–Trinajstić information content (AvgIpc) is 2.89. The number of aliphatic hydroxyl groups excluding tert-OH is 1. The second-order valence-electron chi connectivity index (χ2n) is 5.85. The Labute approximate surface area is 130 Å². The van der Waals surface area contributed by atoms with Crippen molar-refractivity contribution < 1.29 is 23.0 Å². The molecule has 0 radical (unpaired) electrons. The first-order valence-corrected chi connectivity index (χ1v) is 7.03. The molecule has 1 aromatic carbocycles. The van der Waals surface area contributed by atoms with E-state index in [9.17, 15) is 18.3 Å². The molecule has 122 valence electrons. The lowest BCUT2D eigenvalue weighted by atomic mass is 9.81. The summed E-state index contributed by atoms with van der Waals surface area (Å²) in [6.45, 7) is 1.99. The number of alkyl halides is 3. The third-order valence-corrected chi connectivity index (χ3v) is 3.76. The van der Waals surface area contributed by atoms with Gasteiger partial charge in [-0.2, -0.15) is 5.10 Å². The van der Waals surface area contributed by atoms with Gasteiger partial charge in [0.1, 0.15) is 5.75 Å². The van der Waals surface area contributed by atoms with Crippen LogP contribution in [0.25, 0.3) is 11.8 Å². The van der Waals surface area contributed by atoms with Gasteiger partial charge in [0.25, 0.3) is 0 Å². The number of aliphatic hydroxyl groups is 1. The molecule has 4 nitrogen and oxygen atoms in total. The number of halogens is 3. The SMILES string of the molecule is CC1(CO)C=Cc2nn(-c3ccc(OC(F)(F)F)cc3)cc2C1. The van der Waals surface area contributed by atoms with Gasteiger partial charge < -0.3 is 9.84 Å². The van der Waals surface area contributed by atoms with E-state index < -0.39 is 6.36 Å². The summed E-state index contributed by atoms with van der Waals surface area (Å²) in [4.78, 5) is 0. The molecular weight excluding hydrogens is 309 g/mol. The summed E-state index contributed by atoms with van der Waals surface area (Å²) >= 11 is 0. The molecule has 2 aromatic rings. The quantitative estimate of drug-likeness (QED) is 0.942. The van der Waals surface area contributed by atoms with Gasteiger partial charge in [-0.15, -0.1) is 13.2 Å². The Kier molecular flexibility index (Phi) is 3.68. The summed E-state index contributed by atoms with van der Waals surface area (Å²) in [5, 5.41) is 13.8. The fourth-order valence-corrected chi connectivity index (χ4v) is 2.52. The van der Waals surface area contributed by atoms with Crippen molar-refractivity contribution >= 4 is 6.08 Å². The van der Waals surface area contributed by atoms with E-state index in [-0.39, 0.29) is 17.8 Å². The van der Waals surface area contributed by atoms with Gasteiger partial charge in [-0.25, -0.2) is 4.68 Å². The van der Waals surface area contributed by atoms with Crippen molar-refractivity contribution in [3.63, 3.8) is 0 Å². The van der Waals surface area contributed by atoms with Gasteiger partial charge in [0.2, 0.25) is 0 Å². The molecule has 1 aromatic heterocycles. The minimum atomic E-state index is -4.70. The maximum atomic E-state index is 12.2. The highest BCUT2D eigenvalue weighted by Crippen LogP contribution is 2.32. The summed E-state index contributed by atoms with van der Waals surface area (Å²) < 4.78 is 41.9. The summed E-state index contributed by atoms with van der Waals surface area (Å²) in [7, 11) is 0. The van der Waals surface area contributed by atoms with E-state index in [2.05, 4.69) is 9.84 Å². The van der Waals surface area contributed by atoms with Crippen LogP contribution in [0.3, 0.4) is 0 Å². The van der Waals surface area contributed by atoms with E-state index in [0.717, 1.165) is 11.3 Å². The van der Waals surface area contributed by atoms with Crippen LogP contribution >= 0.6 is 0 Å². The highest BCUT2D eigenvalue weighted by molar-refractivity contribution is 5.54. The molecule has 0 saturated carbocycles. The van der Waals surface area contributed by atoms with Crippen molar-refractivity contribution in [1.82, 2.24) is 9.78 Å². The first-order chi connectivity index (χ1) is 10.8. The largest absolute Gasteiger partial charge is 0.573 e. The number of aromatic nitrogens is 2. The molecule has 0 fully saturated rings. The van der Waals surface area contributed by atoms with Crippen molar-refractivity contribution in [3.05, 3.63) is 47.8 Å². The van der Waals surface area contributed by atoms with Crippen molar-refractivity contribution in [2.75, 3.05) is 6.61 Å². The van der Waals surface area contributed by atoms with Gasteiger partial charge >= 0.3 is 6.36 Å². The molecule has 1 heterocycles. The monoisotopic (exact) mass is 324 g/mol. The van der Waals surface area contributed by atoms with E-state index in [0.29, 0.717) is 12.1 Å². The number of hydrogen-bond donors (Lipinski definition) is 1. The van der Waals surface area contributed by atoms with Gasteiger partial charge in [0.05, 0.1) is 18.0 Å². The Morgan fingerprint density at radius 2 is 2.00 bits per heavy atom. The van der Waals surface area contributed by atoms with E-state index in [1.807, 2.05) is 25.3 Å². The zero-order valence-corrected chi connectivity index (χ0v) is 12.3. The van der Waals surface area contributed by atoms with Gasteiger partial charge in [-0.3, -0.25) is 0 Å². The fraction of sp³-hybridized carbons (Fsp3) is 0.312. The van der Waals surface area contributed by atoms with Gasteiger partial charge in [0, 0.05) is 11.6 Å². The molecule has 1 atom stereocenters. The lowest BCUT2D eigenvalue weighted by Crippen LogP contribution is -2.23. The Balaban J connectivity index is 1.83. The zero-order chi connectivity index (χ0) is 16.7. The fourth-order valence-electron chi connectivity index (χ4n) is 2.52. The van der Waals surface area contributed by atoms with Crippen molar-refractivity contribution in [1.29, 1.82) is 0 Å². The average molecular weight is 324 g/mol. The third-order valence-electron chi connectivity index (χ3n) is 3.76. The molecule has 0 bridgehead atoms. The van der Waals surface area contributed by atoms with E-state index in [1.165, 1.54) is 24.3 Å². The molecule has 1 aliphatic carbocycles. The topological polar surface area (TPSA) is 47.3 Å². The summed E-state index contributed by atoms with van der Waals surface area (Å²) in [6.07, 6.45) is 1.56. The van der Waals surface area contributed by atoms with Crippen LogP contribution in [-0.4, -0.2) is 27.9 Å². The second-order valence-corrected chi connectivity index (χ2v) is 5.85. The number of ether oxygens (including phenoxy) is 1. The van der Waals surface area contributed by atoms with Crippen LogP contribution in [0.4, 0.5) is 13.2 Å². The van der Waals surface area contributed by atoms with E-state index in [4.69, 9.17) is 0 Å². The van der Waals surface area contributed by atoms with Crippen LogP contribution < -0.4 is 4.74 Å². The Morgan fingerprint density at radius 3 is 2.61 bits per heavy atom. The second kappa shape index (κ2) is 5.42. The Hall–Kier alpha value is -2.28. The van der Waals surface area contributed by atoms with Gasteiger partial charge in [-0.1, -0.05) is 13.0 Å². The lowest BCUT2D eigenvalue weighted by molar-refractivity contribution is -0.274. The number of rotatable bonds is 3. The molecule has 0 aliphatic heterocycles. The Bertz CT molecular complexity index is 735. The van der Waals surface area contributed by atoms with Crippen LogP contribution in [0.15, 0.2) is 36.5 Å². The normalized spacial score (nSPS) is 20.4. The van der Waals surface area contributed by atoms with Crippen LogP contribution in [0.2, 0.25) is 0 Å². The number of fused-ring (bicyclic) bond motifs is 1. The van der Waals surface area contributed by atoms with Gasteiger partial charge in [-0.05, 0) is 42.3 Å². The van der Waals surface area contributed by atoms with Crippen molar-refractivity contribution in [2.45, 2.75) is 19.7 Å². The molecule has 0 amide bonds. The predicted octanol–water partition coefficient (Wildman–Crippen LogP) is 3.34. The van der Waals surface area contributed by atoms with Gasteiger partial charge in [0.15, 0.2) is 0 Å². The molecule has 1 unspecified atom stereocenters. The molecule has 3 rings (SSSR count). The highest BCUT2D eigenvalue weighted by Gasteiger charge is 2.31. The molecule has 23 heavy (non-hydrogen) atoms. The molecule has 1 aliphatic rings. The highest BCUT2D eigenvalue weighted by atomic mass is 19.4.